The molecule has 4 heterocycles. The van der Waals surface area contributed by atoms with Crippen LogP contribution in [0.15, 0.2) is 146 Å². The zero-order valence-electron chi connectivity index (χ0n) is 64.0. The molecular formula is C74H58At3F24I3N12O10. The molecule has 0 radical (unpaired) electrons. The van der Waals surface area contributed by atoms with Crippen LogP contribution in [0.1, 0.15) is 69.0 Å². The van der Waals surface area contributed by atoms with Crippen LogP contribution in [0.3, 0.4) is 0 Å². The maximum absolute atomic E-state index is 13.2. The van der Waals surface area contributed by atoms with E-state index in [4.69, 9.17) is 0 Å². The molecule has 2 aliphatic heterocycles. The molecule has 0 fully saturated rings. The fourth-order valence-corrected chi connectivity index (χ4v) is 14.7. The molecule has 6 amide bonds. The van der Waals surface area contributed by atoms with E-state index in [0.29, 0.717) is 97.0 Å². The summed E-state index contributed by atoms with van der Waals surface area (Å²) < 4.78 is 311. The van der Waals surface area contributed by atoms with Gasteiger partial charge in [0.25, 0.3) is 23.0 Å². The fourth-order valence-electron chi connectivity index (χ4n) is 10.4. The van der Waals surface area contributed by atoms with Crippen molar-refractivity contribution in [2.24, 2.45) is 0 Å². The number of rotatable bonds is 16. The second kappa shape index (κ2) is 43.3. The van der Waals surface area contributed by atoms with Gasteiger partial charge in [-0.25, -0.2) is 0 Å². The van der Waals surface area contributed by atoms with Crippen LogP contribution in [0.5, 0.6) is 0 Å². The number of alkyl halides is 24. The number of amides is 6. The molecule has 2 aromatic heterocycles. The number of aliphatic hydroxyl groups is 4. The second-order valence-electron chi connectivity index (χ2n) is 26.3. The van der Waals surface area contributed by atoms with E-state index < -0.39 is 133 Å². The Kier molecular flexibility index (Phi) is 37.6. The summed E-state index contributed by atoms with van der Waals surface area (Å²) in [5, 5.41) is 69.0. The maximum atomic E-state index is 13.2. The van der Waals surface area contributed by atoms with Crippen LogP contribution in [0.4, 0.5) is 105 Å². The van der Waals surface area contributed by atoms with Crippen molar-refractivity contribution < 1.29 is 229 Å². The van der Waals surface area contributed by atoms with Crippen LogP contribution in [0.2, 0.25) is 0 Å². The van der Waals surface area contributed by atoms with Gasteiger partial charge < -0.3 is 15.1 Å². The van der Waals surface area contributed by atoms with E-state index in [0.717, 1.165) is 79.3 Å². The molecule has 0 spiro atoms. The molecule has 0 bridgehead atoms. The first-order valence-corrected chi connectivity index (χ1v) is 41.9. The number of halogens is 27. The van der Waals surface area contributed by atoms with Gasteiger partial charge in [0.15, 0.2) is 5.82 Å². The molecule has 0 unspecified atom stereocenters. The number of benzene rings is 6. The summed E-state index contributed by atoms with van der Waals surface area (Å²) in [5.41, 5.74) is -22.9. The van der Waals surface area contributed by atoms with Gasteiger partial charge in [-0.3, -0.25) is 19.3 Å². The molecule has 0 aliphatic carbocycles. The molecule has 10 rings (SSSR count). The predicted octanol–water partition coefficient (Wildman–Crippen LogP) is 13.0. The van der Waals surface area contributed by atoms with Gasteiger partial charge in [0.2, 0.25) is 11.7 Å². The Hall–Kier alpha value is -7.10. The van der Waals surface area contributed by atoms with E-state index in [2.05, 4.69) is 63.4 Å². The number of hydrogen-bond acceptors (Lipinski definition) is 18. The van der Waals surface area contributed by atoms with Gasteiger partial charge in [-0.1, -0.05) is 35.9 Å². The monoisotopic (exact) mass is 2740 g/mol. The quantitative estimate of drug-likeness (QED) is 0.0397. The van der Waals surface area contributed by atoms with Gasteiger partial charge >= 0.3 is 422 Å². The Morgan fingerprint density at radius 3 is 0.937 bits per heavy atom. The Morgan fingerprint density at radius 2 is 0.611 bits per heavy atom. The minimum absolute atomic E-state index is 0.0760. The zero-order valence-corrected chi connectivity index (χ0v) is 79.3. The number of aryl methyl sites for hydroxylation is 4. The van der Waals surface area contributed by atoms with Crippen molar-refractivity contribution in [2.45, 2.75) is 125 Å². The first-order valence-electron chi connectivity index (χ1n) is 34.2. The molecule has 0 atom stereocenters. The molecule has 4 N–H and O–H groups in total. The van der Waals surface area contributed by atoms with E-state index in [1.54, 1.807) is 38.6 Å². The summed E-state index contributed by atoms with van der Waals surface area (Å²) in [5.74, 6) is -1.28. The van der Waals surface area contributed by atoms with Crippen molar-refractivity contribution in [1.29, 1.82) is 0 Å². The van der Waals surface area contributed by atoms with Crippen LogP contribution in [0, 0.1) is 113 Å². The zero-order chi connectivity index (χ0) is 96.2. The van der Waals surface area contributed by atoms with Crippen LogP contribution in [-0.4, -0.2) is 193 Å². The minimum atomic E-state index is -6.03. The Balaban J connectivity index is 0.000000276. The van der Waals surface area contributed by atoms with Gasteiger partial charge in [0.1, 0.15) is 0 Å². The topological polar surface area (TPSA) is 299 Å². The van der Waals surface area contributed by atoms with Crippen LogP contribution in [-0.2, 0) is 64.3 Å². The van der Waals surface area contributed by atoms with Gasteiger partial charge in [0.05, 0.1) is 0 Å². The average molecular weight is 2740 g/mol. The van der Waals surface area contributed by atoms with Crippen molar-refractivity contribution in [1.82, 2.24) is 60.4 Å². The van der Waals surface area contributed by atoms with E-state index in [-0.39, 0.29) is 71.4 Å². The second-order valence-corrected chi connectivity index (χ2v) is 34.7. The normalized spacial score (nSPS) is 13.6. The van der Waals surface area contributed by atoms with Crippen molar-refractivity contribution in [3.8, 4) is 22.8 Å². The molecule has 0 saturated heterocycles. The molecule has 2 aliphatic rings. The van der Waals surface area contributed by atoms with E-state index in [1.165, 1.54) is 104 Å². The van der Waals surface area contributed by atoms with Crippen molar-refractivity contribution in [3.05, 3.63) is 212 Å². The number of imide groups is 2. The van der Waals surface area contributed by atoms with E-state index in [1.807, 2.05) is 48.5 Å². The summed E-state index contributed by atoms with van der Waals surface area (Å²) in [6.45, 7) is 5.04. The van der Waals surface area contributed by atoms with Crippen molar-refractivity contribution >= 4 is 113 Å². The van der Waals surface area contributed by atoms with Gasteiger partial charge in [-0.15, -0.1) is 20.4 Å². The van der Waals surface area contributed by atoms with Crippen molar-refractivity contribution in [2.75, 3.05) is 27.2 Å². The number of hydrogen-bond donors (Lipinski definition) is 4. The SMILES string of the molecule is CN(Cc1ccc([125I])c(C(O)(C(F)(F)F)C(F)(F)F)c1)C(=O)CCN1C(=O)C=CC1=O.CN(Cc1ccc([211At])c(C(O)(C(F)(F)F)C(F)(F)F)c1)C(=O)CCN1C(=O)C=CC1=O.Cc1ccc([125I])c(C(O)(C(F)(F)F)C(F)(F)F)c1.Cc1ccc([211At])c(C(O)(C(F)(F)F)C(F)(F)F)c1.Cc1nnc(-c2ccc([125I])cc2)nn1.Cc1nnc(-c2ccc([211At])cc2)nn1. The summed E-state index contributed by atoms with van der Waals surface area (Å²) in [6.07, 6.45) is -43.9. The average Bonchev–Trinajstić information content (AvgIpc) is 0.831. The number of carbonyl (C=O) groups is 6. The first kappa shape index (κ1) is 109. The third kappa shape index (κ3) is 27.1. The first-order chi connectivity index (χ1) is 57.5. The molecular weight excluding hydrogens is 2680 g/mol. The van der Waals surface area contributed by atoms with Gasteiger partial charge in [0, 0.05) is 66.1 Å². The van der Waals surface area contributed by atoms with Crippen LogP contribution >= 0.6 is 67.8 Å². The van der Waals surface area contributed by atoms with Crippen LogP contribution in [0.25, 0.3) is 22.8 Å². The van der Waals surface area contributed by atoms with Gasteiger partial charge in [-0.05, 0) is 118 Å². The molecule has 126 heavy (non-hydrogen) atoms. The number of aromatic nitrogens is 8. The van der Waals surface area contributed by atoms with Gasteiger partial charge in [-0.2, -0.15) is 52.7 Å². The Bertz CT molecular complexity index is 4770. The molecule has 52 heteroatoms. The number of carbonyl (C=O) groups excluding carboxylic acids is 6. The molecule has 6 aromatic carbocycles. The molecule has 684 valence electrons. The number of nitrogens with zero attached hydrogens (tertiary/aromatic N) is 12. The van der Waals surface area contributed by atoms with Crippen LogP contribution < -0.4 is 9.81 Å². The summed E-state index contributed by atoms with van der Waals surface area (Å²) in [4.78, 5) is 74.0. The molecule has 22 nitrogen and oxygen atoms in total. The molecule has 8 aromatic rings. The standard InChI is InChI=1S/C18H15AtF6N2O4.C18H15F6IN2O4.C10H7AtF6O.C10H7F6IO.C9H7AtN4.C9H7IN4/c1-26(13(28)6-7-27-14(29)4-5-15(27)30)9-10-2-3-12(19)11(8-10)16(31,17(20,21)22)18(23,24)25;1-26(13(28)6-7-27-14(29)4-5-15(27)30)9-10-2-3-12(25)11(8-10)16(31,17(19,20)21)18(22,23)24;1-5-2-3-7(11)6(4-5)8(18,9(12,13)14)10(15,16)17;1-5-2-3-7(17)6(4-5)8(18,9(11,12)13)10(14,15)16;2*1-6-11-13-9(14-12-6)7-2-4-8(10)5-3-7/h2*2-5,8,31H,6-7,9H2,1H3;2*2-4,18H,1H3;2*2-5H,1H3/i19+1;25-2;11+1;17-2;10+1;10-2. The van der Waals surface area contributed by atoms with E-state index >= 15 is 0 Å². The summed E-state index contributed by atoms with van der Waals surface area (Å²) >= 11 is 7.62. The Morgan fingerprint density at radius 1 is 0.357 bits per heavy atom. The third-order valence-corrected chi connectivity index (χ3v) is 23.2. The van der Waals surface area contributed by atoms with Crippen molar-refractivity contribution in [3.63, 3.8) is 0 Å². The Labute approximate surface area is 782 Å². The molecule has 0 saturated carbocycles. The fraction of sp³-hybridized carbons (Fsp3) is 0.324. The van der Waals surface area contributed by atoms with E-state index in [9.17, 15) is 155 Å². The third-order valence-electron chi connectivity index (χ3n) is 17.1. The predicted molar refractivity (Wildman–Crippen MR) is 406 cm³/mol. The summed E-state index contributed by atoms with van der Waals surface area (Å²) in [7, 11) is 2.52. The summed E-state index contributed by atoms with van der Waals surface area (Å²) in [6, 6.07) is 27.8.